The minimum absolute atomic E-state index is 0.653. The zero-order valence-corrected chi connectivity index (χ0v) is 15.9. The van der Waals surface area contributed by atoms with E-state index in [4.69, 9.17) is 4.74 Å². The quantitative estimate of drug-likeness (QED) is 0.600. The Kier molecular flexibility index (Phi) is 6.63. The van der Waals surface area contributed by atoms with Gasteiger partial charge in [0.25, 0.3) is 0 Å². The van der Waals surface area contributed by atoms with Crippen LogP contribution in [-0.2, 0) is 12.8 Å². The summed E-state index contributed by atoms with van der Waals surface area (Å²) in [4.78, 5) is 9.05. The first-order chi connectivity index (χ1) is 13.2. The number of nitrogens with one attached hydrogen (secondary N) is 2. The number of ether oxygens (including phenoxy) is 1. The summed E-state index contributed by atoms with van der Waals surface area (Å²) >= 11 is 0. The number of aromatic nitrogens is 2. The molecular weight excluding hydrogens is 336 g/mol. The molecule has 0 aliphatic heterocycles. The molecule has 0 saturated carbocycles. The van der Waals surface area contributed by atoms with Gasteiger partial charge in [0.2, 0.25) is 5.95 Å². The highest BCUT2D eigenvalue weighted by Gasteiger charge is 2.03. The lowest BCUT2D eigenvalue weighted by Crippen LogP contribution is -2.12. The van der Waals surface area contributed by atoms with Crippen LogP contribution in [0.2, 0.25) is 0 Å². The standard InChI is InChI=1S/C22H26N4O/c1-17-15-21(23-13-11-18-7-4-3-5-8-18)26-22(25-17)24-14-12-19-9-6-10-20(16-19)27-2/h3-10,15-16H,11-14H2,1-2H3,(H2,23,24,25,26). The molecule has 0 radical (unpaired) electrons. The maximum absolute atomic E-state index is 5.27. The Morgan fingerprint density at radius 1 is 0.815 bits per heavy atom. The SMILES string of the molecule is COc1cccc(CCNc2nc(C)cc(NCCc3ccccc3)n2)c1. The van der Waals surface area contributed by atoms with E-state index in [1.54, 1.807) is 7.11 Å². The molecule has 3 rings (SSSR count). The van der Waals surface area contributed by atoms with Gasteiger partial charge in [-0.25, -0.2) is 4.98 Å². The lowest BCUT2D eigenvalue weighted by Gasteiger charge is -2.10. The molecule has 0 aliphatic carbocycles. The number of rotatable bonds is 9. The number of hydrogen-bond acceptors (Lipinski definition) is 5. The second-order valence-corrected chi connectivity index (χ2v) is 6.41. The van der Waals surface area contributed by atoms with E-state index in [1.165, 1.54) is 11.1 Å². The van der Waals surface area contributed by atoms with Crippen LogP contribution in [0.3, 0.4) is 0 Å². The summed E-state index contributed by atoms with van der Waals surface area (Å²) in [6.07, 6.45) is 1.84. The Morgan fingerprint density at radius 2 is 1.56 bits per heavy atom. The Morgan fingerprint density at radius 3 is 2.37 bits per heavy atom. The molecule has 3 aromatic rings. The zero-order valence-electron chi connectivity index (χ0n) is 15.9. The van der Waals surface area contributed by atoms with Crippen LogP contribution in [0.5, 0.6) is 5.75 Å². The van der Waals surface area contributed by atoms with Crippen LogP contribution in [0.25, 0.3) is 0 Å². The van der Waals surface area contributed by atoms with Crippen molar-refractivity contribution >= 4 is 11.8 Å². The summed E-state index contributed by atoms with van der Waals surface area (Å²) < 4.78 is 5.27. The van der Waals surface area contributed by atoms with Gasteiger partial charge in [0, 0.05) is 24.8 Å². The van der Waals surface area contributed by atoms with Gasteiger partial charge in [-0.05, 0) is 43.0 Å². The van der Waals surface area contributed by atoms with E-state index in [-0.39, 0.29) is 0 Å². The predicted octanol–water partition coefficient (Wildman–Crippen LogP) is 4.10. The number of nitrogens with zero attached hydrogens (tertiary/aromatic N) is 2. The van der Waals surface area contributed by atoms with Crippen molar-refractivity contribution in [3.05, 3.63) is 77.5 Å². The Bertz CT molecular complexity index is 852. The molecule has 0 fully saturated rings. The first-order valence-corrected chi connectivity index (χ1v) is 9.23. The molecule has 140 valence electrons. The Hall–Kier alpha value is -3.08. The number of anilines is 2. The molecule has 0 aliphatic rings. The van der Waals surface area contributed by atoms with E-state index in [2.05, 4.69) is 57.0 Å². The fraction of sp³-hybridized carbons (Fsp3) is 0.273. The van der Waals surface area contributed by atoms with Crippen molar-refractivity contribution in [3.8, 4) is 5.75 Å². The van der Waals surface area contributed by atoms with E-state index in [9.17, 15) is 0 Å². The molecule has 27 heavy (non-hydrogen) atoms. The highest BCUT2D eigenvalue weighted by Crippen LogP contribution is 2.14. The first kappa shape index (κ1) is 18.7. The lowest BCUT2D eigenvalue weighted by atomic mass is 10.1. The van der Waals surface area contributed by atoms with Gasteiger partial charge in [-0.2, -0.15) is 4.98 Å². The fourth-order valence-corrected chi connectivity index (χ4v) is 2.86. The van der Waals surface area contributed by atoms with E-state index in [0.717, 1.165) is 43.2 Å². The van der Waals surface area contributed by atoms with Crippen molar-refractivity contribution in [2.24, 2.45) is 0 Å². The predicted molar refractivity (Wildman–Crippen MR) is 111 cm³/mol. The summed E-state index contributed by atoms with van der Waals surface area (Å²) in [6, 6.07) is 20.5. The fourth-order valence-electron chi connectivity index (χ4n) is 2.86. The molecule has 2 N–H and O–H groups in total. The van der Waals surface area contributed by atoms with Crippen LogP contribution in [0.1, 0.15) is 16.8 Å². The third-order valence-electron chi connectivity index (χ3n) is 4.25. The number of methoxy groups -OCH3 is 1. The van der Waals surface area contributed by atoms with Gasteiger partial charge in [-0.15, -0.1) is 0 Å². The third-order valence-corrected chi connectivity index (χ3v) is 4.25. The van der Waals surface area contributed by atoms with Gasteiger partial charge in [-0.1, -0.05) is 42.5 Å². The van der Waals surface area contributed by atoms with Gasteiger partial charge in [0.05, 0.1) is 7.11 Å². The van der Waals surface area contributed by atoms with Gasteiger partial charge in [0.1, 0.15) is 11.6 Å². The topological polar surface area (TPSA) is 59.1 Å². The van der Waals surface area contributed by atoms with E-state index >= 15 is 0 Å². The maximum atomic E-state index is 5.27. The van der Waals surface area contributed by atoms with Gasteiger partial charge < -0.3 is 15.4 Å². The van der Waals surface area contributed by atoms with Crippen molar-refractivity contribution in [3.63, 3.8) is 0 Å². The Balaban J connectivity index is 1.51. The molecule has 1 aromatic heterocycles. The van der Waals surface area contributed by atoms with Gasteiger partial charge >= 0.3 is 0 Å². The van der Waals surface area contributed by atoms with Crippen molar-refractivity contribution in [1.29, 1.82) is 0 Å². The summed E-state index contributed by atoms with van der Waals surface area (Å²) in [6.45, 7) is 3.58. The zero-order chi connectivity index (χ0) is 18.9. The van der Waals surface area contributed by atoms with Crippen molar-refractivity contribution < 1.29 is 4.74 Å². The van der Waals surface area contributed by atoms with E-state index in [0.29, 0.717) is 5.95 Å². The van der Waals surface area contributed by atoms with Gasteiger partial charge in [0.15, 0.2) is 0 Å². The van der Waals surface area contributed by atoms with Crippen molar-refractivity contribution in [1.82, 2.24) is 9.97 Å². The minimum atomic E-state index is 0.653. The second kappa shape index (κ2) is 9.57. The van der Waals surface area contributed by atoms with E-state index in [1.807, 2.05) is 31.2 Å². The van der Waals surface area contributed by atoms with Gasteiger partial charge in [-0.3, -0.25) is 0 Å². The molecule has 0 unspecified atom stereocenters. The van der Waals surface area contributed by atoms with Crippen molar-refractivity contribution in [2.45, 2.75) is 19.8 Å². The van der Waals surface area contributed by atoms with Crippen LogP contribution in [0.15, 0.2) is 60.7 Å². The second-order valence-electron chi connectivity index (χ2n) is 6.41. The molecule has 0 spiro atoms. The van der Waals surface area contributed by atoms with Crippen LogP contribution in [0, 0.1) is 6.92 Å². The smallest absolute Gasteiger partial charge is 0.224 e. The average molecular weight is 362 g/mol. The molecule has 0 amide bonds. The molecule has 0 atom stereocenters. The maximum Gasteiger partial charge on any atom is 0.224 e. The summed E-state index contributed by atoms with van der Waals surface area (Å²) in [7, 11) is 1.68. The highest BCUT2D eigenvalue weighted by molar-refractivity contribution is 5.42. The Labute approximate surface area is 160 Å². The molecular formula is C22H26N4O. The van der Waals surface area contributed by atoms with Crippen LogP contribution in [-0.4, -0.2) is 30.2 Å². The highest BCUT2D eigenvalue weighted by atomic mass is 16.5. The van der Waals surface area contributed by atoms with Crippen LogP contribution in [0.4, 0.5) is 11.8 Å². The van der Waals surface area contributed by atoms with Crippen LogP contribution < -0.4 is 15.4 Å². The number of aryl methyl sites for hydroxylation is 1. The minimum Gasteiger partial charge on any atom is -0.497 e. The molecule has 2 aromatic carbocycles. The molecule has 0 saturated heterocycles. The molecule has 5 heteroatoms. The normalized spacial score (nSPS) is 10.4. The van der Waals surface area contributed by atoms with E-state index < -0.39 is 0 Å². The largest absolute Gasteiger partial charge is 0.497 e. The number of hydrogen-bond donors (Lipinski definition) is 2. The summed E-state index contributed by atoms with van der Waals surface area (Å²) in [5.74, 6) is 2.38. The molecule has 0 bridgehead atoms. The first-order valence-electron chi connectivity index (χ1n) is 9.23. The van der Waals surface area contributed by atoms with Crippen LogP contribution >= 0.6 is 0 Å². The monoisotopic (exact) mass is 362 g/mol. The van der Waals surface area contributed by atoms with Crippen molar-refractivity contribution in [2.75, 3.05) is 30.8 Å². The third kappa shape index (κ3) is 5.99. The summed E-state index contributed by atoms with van der Waals surface area (Å²) in [5, 5.41) is 6.71. The molecule has 1 heterocycles. The summed E-state index contributed by atoms with van der Waals surface area (Å²) in [5.41, 5.74) is 3.47. The number of benzene rings is 2. The lowest BCUT2D eigenvalue weighted by molar-refractivity contribution is 0.414. The average Bonchev–Trinajstić information content (AvgIpc) is 2.69. The molecule has 5 nitrogen and oxygen atoms in total.